The van der Waals surface area contributed by atoms with E-state index in [1.54, 1.807) is 0 Å². The number of alkyl carbamates (subject to hydrolysis) is 1. The van der Waals surface area contributed by atoms with E-state index in [0.29, 0.717) is 49.2 Å². The minimum atomic E-state index is -1.89. The standard InChI is InChI=1S/C56H84N16O18/c1-31(74)62-25-44(77)67-37(12-6-7-19-61-56(89)90-30-36-34-10-4-2-3-5-11-35(34)36)49(83)64-27-46(79)69-39(22-32-15-17-33(75)18-16-32)51(85)66-26-45(78)68-38(13-8-20-60-55(58)59)50(84)65-28-47(80)70-40(23-48(81)82)52(86)71-41(29-73)54(88)72-21-9-14-42(72)53(87)63-24-43(57)76/h2-3,15-18,34-42,73,75H,4-14,19-30H2,1H3,(H2,57,76)(H,61,89)(H,62,74)(H,63,87)(H,64,83)(H,65,84)(H,66,85)(H,67,77)(H,68,78)(H,69,79)(H,70,80)(H,71,86)(H,81,82)(H4,58,59,60)/b3-2+/t34-,35+,36?,37-,38-,39-,40-,41-,42-/m0/s1. The van der Waals surface area contributed by atoms with Crippen molar-refractivity contribution >= 4 is 88.9 Å². The van der Waals surface area contributed by atoms with Crippen LogP contribution in [0.2, 0.25) is 0 Å². The zero-order valence-electron chi connectivity index (χ0n) is 50.0. The van der Waals surface area contributed by atoms with Crippen LogP contribution in [-0.2, 0) is 73.5 Å². The fourth-order valence-electron chi connectivity index (χ4n) is 10.1. The molecule has 1 aliphatic heterocycles. The number of primary amides is 1. The highest BCUT2D eigenvalue weighted by Gasteiger charge is 2.49. The van der Waals surface area contributed by atoms with Crippen LogP contribution in [0, 0.1) is 17.8 Å². The van der Waals surface area contributed by atoms with Crippen molar-refractivity contribution in [3.05, 3.63) is 42.0 Å². The van der Waals surface area contributed by atoms with Gasteiger partial charge in [-0.05, 0) is 106 Å². The van der Waals surface area contributed by atoms with Crippen molar-refractivity contribution in [3.8, 4) is 5.75 Å². The van der Waals surface area contributed by atoms with Gasteiger partial charge in [-0.25, -0.2) is 4.79 Å². The molecular weight excluding hydrogens is 1180 g/mol. The number of nitrogens with zero attached hydrogens (tertiary/aromatic N) is 2. The summed E-state index contributed by atoms with van der Waals surface area (Å²) < 4.78 is 5.48. The smallest absolute Gasteiger partial charge is 0.407 e. The van der Waals surface area contributed by atoms with Gasteiger partial charge in [-0.1, -0.05) is 24.3 Å². The van der Waals surface area contributed by atoms with Gasteiger partial charge in [0.05, 0.1) is 52.4 Å². The summed E-state index contributed by atoms with van der Waals surface area (Å²) in [6.45, 7) is -2.73. The van der Waals surface area contributed by atoms with E-state index in [-0.39, 0.29) is 63.4 Å². The van der Waals surface area contributed by atoms with Crippen molar-refractivity contribution in [3.63, 3.8) is 0 Å². The number of likely N-dealkylation sites (tertiary alicyclic amines) is 1. The molecule has 20 N–H and O–H groups in total. The second-order valence-corrected chi connectivity index (χ2v) is 21.7. The van der Waals surface area contributed by atoms with Crippen LogP contribution < -0.4 is 75.7 Å². The molecule has 1 aromatic rings. The first-order valence-electron chi connectivity index (χ1n) is 29.5. The summed E-state index contributed by atoms with van der Waals surface area (Å²) in [4.78, 5) is 185. The largest absolute Gasteiger partial charge is 0.508 e. The number of guanidine groups is 1. The Kier molecular flexibility index (Phi) is 30.7. The lowest BCUT2D eigenvalue weighted by Crippen LogP contribution is -2.58. The second-order valence-electron chi connectivity index (χ2n) is 21.7. The normalized spacial score (nSPS) is 18.3. The van der Waals surface area contributed by atoms with Crippen molar-refractivity contribution in [2.45, 2.75) is 127 Å². The summed E-state index contributed by atoms with van der Waals surface area (Å²) in [5, 5.41) is 55.6. The van der Waals surface area contributed by atoms with E-state index in [4.69, 9.17) is 21.9 Å². The molecule has 1 unspecified atom stereocenters. The van der Waals surface area contributed by atoms with Crippen LogP contribution in [0.4, 0.5) is 4.79 Å². The van der Waals surface area contributed by atoms with Gasteiger partial charge in [0.25, 0.3) is 0 Å². The molecule has 496 valence electrons. The Labute approximate surface area is 517 Å². The maximum Gasteiger partial charge on any atom is 0.407 e. The lowest BCUT2D eigenvalue weighted by Gasteiger charge is -2.28. The summed E-state index contributed by atoms with van der Waals surface area (Å²) in [7, 11) is 0. The highest BCUT2D eigenvalue weighted by molar-refractivity contribution is 5.98. The summed E-state index contributed by atoms with van der Waals surface area (Å²) >= 11 is 0. The Hall–Kier alpha value is -9.63. The second kappa shape index (κ2) is 37.9. The Morgan fingerprint density at radius 3 is 1.69 bits per heavy atom. The van der Waals surface area contributed by atoms with Crippen LogP contribution in [0.25, 0.3) is 0 Å². The van der Waals surface area contributed by atoms with Gasteiger partial charge in [0.2, 0.25) is 70.9 Å². The number of ether oxygens (including phenoxy) is 1. The van der Waals surface area contributed by atoms with Crippen LogP contribution in [0.15, 0.2) is 41.4 Å². The number of unbranched alkanes of at least 4 members (excludes halogenated alkanes) is 1. The average Bonchev–Trinajstić information content (AvgIpc) is 1.68. The number of aliphatic carboxylic acids is 1. The summed E-state index contributed by atoms with van der Waals surface area (Å²) in [5.74, 6) is -11.2. The number of benzene rings is 1. The van der Waals surface area contributed by atoms with Gasteiger partial charge in [-0.15, -0.1) is 0 Å². The first-order chi connectivity index (χ1) is 42.8. The fraction of sp³-hybridized carbons (Fsp3) is 0.589. The summed E-state index contributed by atoms with van der Waals surface area (Å²) in [6.07, 6.45) is 7.80. The highest BCUT2D eigenvalue weighted by atomic mass is 16.5. The van der Waals surface area contributed by atoms with Gasteiger partial charge >= 0.3 is 12.1 Å². The number of aliphatic hydroxyl groups excluding tert-OH is 1. The molecule has 13 amide bonds. The first-order valence-corrected chi connectivity index (χ1v) is 29.5. The van der Waals surface area contributed by atoms with E-state index in [1.165, 1.54) is 31.2 Å². The van der Waals surface area contributed by atoms with Gasteiger partial charge in [-0.2, -0.15) is 0 Å². The molecular formula is C56H84N16O18. The number of rotatable bonds is 37. The van der Waals surface area contributed by atoms with Crippen molar-refractivity contribution < 1.29 is 87.2 Å². The van der Waals surface area contributed by atoms with E-state index in [1.807, 2.05) is 0 Å². The predicted molar refractivity (Wildman–Crippen MR) is 317 cm³/mol. The molecule has 2 fully saturated rings. The van der Waals surface area contributed by atoms with Gasteiger partial charge < -0.3 is 101 Å². The summed E-state index contributed by atoms with van der Waals surface area (Å²) in [6, 6.07) is -3.26. The van der Waals surface area contributed by atoms with Crippen LogP contribution in [0.3, 0.4) is 0 Å². The Bertz CT molecular complexity index is 2760. The van der Waals surface area contributed by atoms with Crippen LogP contribution in [-0.4, -0.2) is 211 Å². The summed E-state index contributed by atoms with van der Waals surface area (Å²) in [5.41, 5.74) is 16.4. The minimum absolute atomic E-state index is 0.0210. The Morgan fingerprint density at radius 2 is 1.16 bits per heavy atom. The number of nitrogens with two attached hydrogens (primary N) is 3. The highest BCUT2D eigenvalue weighted by Crippen LogP contribution is 2.52. The average molecular weight is 1270 g/mol. The SMILES string of the molecule is CC(=O)NCC(=O)N[C@@H](CCCCNC(=O)OCC1[C@H]2CC/C=C/CC[C@@H]12)C(=O)NCC(=O)N[C@@H](Cc1ccc(O)cc1)C(=O)NCC(=O)N[C@@H](CCCN=C(N)N)C(=O)NCC(=O)N[C@@H](CC(=O)O)C(=O)N[C@@H](CO)C(=O)N1CCC[C@H]1C(=O)NCC(N)=O. The fourth-order valence-corrected chi connectivity index (χ4v) is 10.1. The quantitative estimate of drug-likeness (QED) is 0.0128. The number of fused-ring (bicyclic) bond motifs is 1. The number of aromatic hydroxyl groups is 1. The number of carboxylic acids is 1. The number of nitrogens with one attached hydrogen (secondary N) is 11. The number of amides is 13. The number of hydrogen-bond acceptors (Lipinski definition) is 18. The van der Waals surface area contributed by atoms with Crippen molar-refractivity contribution in [2.75, 3.05) is 65.6 Å². The zero-order chi connectivity index (χ0) is 66.3. The maximum absolute atomic E-state index is 13.8. The van der Waals surface area contributed by atoms with Crippen molar-refractivity contribution in [2.24, 2.45) is 39.9 Å². The molecule has 0 spiro atoms. The first kappa shape index (κ1) is 72.8. The number of allylic oxidation sites excluding steroid dienone is 2. The zero-order valence-corrected chi connectivity index (χ0v) is 50.0. The number of hydrogen-bond donors (Lipinski definition) is 17. The molecule has 0 bridgehead atoms. The topological polar surface area (TPSA) is 535 Å². The third-order valence-electron chi connectivity index (χ3n) is 14.8. The Morgan fingerprint density at radius 1 is 0.622 bits per heavy atom. The van der Waals surface area contributed by atoms with E-state index < -0.39 is 165 Å². The molecule has 4 rings (SSSR count). The maximum atomic E-state index is 13.8. The molecule has 2 aliphatic carbocycles. The molecule has 0 radical (unpaired) electrons. The minimum Gasteiger partial charge on any atom is -0.508 e. The number of phenols is 1. The van der Waals surface area contributed by atoms with E-state index in [9.17, 15) is 82.4 Å². The number of phenolic OH excluding ortho intramolecular Hbond substituents is 1. The van der Waals surface area contributed by atoms with Crippen LogP contribution in [0.5, 0.6) is 5.75 Å². The molecule has 3 aliphatic rings. The van der Waals surface area contributed by atoms with Crippen molar-refractivity contribution in [1.82, 2.24) is 63.4 Å². The molecule has 0 aromatic heterocycles. The molecule has 1 saturated heterocycles. The lowest BCUT2D eigenvalue weighted by molar-refractivity contribution is -0.144. The van der Waals surface area contributed by atoms with Gasteiger partial charge in [0.15, 0.2) is 5.96 Å². The molecule has 1 heterocycles. The molecule has 1 aromatic carbocycles. The van der Waals surface area contributed by atoms with Crippen LogP contribution in [0.1, 0.15) is 89.5 Å². The number of carboxylic acid groups (broad SMARTS) is 1. The van der Waals surface area contributed by atoms with E-state index in [2.05, 4.69) is 75.6 Å². The molecule has 9 atom stereocenters. The molecule has 34 heteroatoms. The monoisotopic (exact) mass is 1270 g/mol. The lowest BCUT2D eigenvalue weighted by atomic mass is 10.0. The number of carbonyl (C=O) groups is 14. The third kappa shape index (κ3) is 26.8. The molecule has 1 saturated carbocycles. The van der Waals surface area contributed by atoms with Crippen molar-refractivity contribution in [1.29, 1.82) is 0 Å². The molecule has 90 heavy (non-hydrogen) atoms. The predicted octanol–water partition coefficient (Wildman–Crippen LogP) is -6.15. The Balaban J connectivity index is 1.34. The van der Waals surface area contributed by atoms with Gasteiger partial charge in [-0.3, -0.25) is 67.3 Å². The van der Waals surface area contributed by atoms with Gasteiger partial charge in [0, 0.05) is 33.0 Å². The third-order valence-corrected chi connectivity index (χ3v) is 14.8. The molecule has 34 nitrogen and oxygen atoms in total. The number of carbonyl (C=O) groups excluding carboxylic acids is 13. The van der Waals surface area contributed by atoms with Gasteiger partial charge in [0.1, 0.15) is 42.0 Å². The number of aliphatic hydroxyl groups is 1. The van der Waals surface area contributed by atoms with Crippen LogP contribution >= 0.6 is 0 Å². The number of aliphatic imine (C=N–C) groups is 1. The van der Waals surface area contributed by atoms with E-state index in [0.717, 1.165) is 30.6 Å². The van der Waals surface area contributed by atoms with E-state index >= 15 is 0 Å².